The van der Waals surface area contributed by atoms with E-state index in [1.54, 1.807) is 12.1 Å². The molecule has 100 valence electrons. The molecule has 0 aliphatic heterocycles. The van der Waals surface area contributed by atoms with E-state index in [1.165, 1.54) is 12.1 Å². The van der Waals surface area contributed by atoms with Crippen molar-refractivity contribution in [1.29, 1.82) is 0 Å². The lowest BCUT2D eigenvalue weighted by Crippen LogP contribution is -2.13. The molecule has 0 spiro atoms. The molecule has 5 heteroatoms. The van der Waals surface area contributed by atoms with Crippen molar-refractivity contribution in [3.8, 4) is 0 Å². The number of hydrogen-bond acceptors (Lipinski definition) is 3. The zero-order valence-corrected chi connectivity index (χ0v) is 12.5. The maximum absolute atomic E-state index is 12.9. The normalized spacial score (nSPS) is 10.5. The monoisotopic (exact) mass is 323 g/mol. The lowest BCUT2D eigenvalue weighted by atomic mass is 10.3. The molecule has 0 aliphatic carbocycles. The summed E-state index contributed by atoms with van der Waals surface area (Å²) in [5.74, 6) is 1.35. The Morgan fingerprint density at radius 3 is 2.53 bits per heavy atom. The van der Waals surface area contributed by atoms with Crippen LogP contribution in [0.2, 0.25) is 0 Å². The molecule has 0 fully saturated rings. The van der Waals surface area contributed by atoms with Crippen molar-refractivity contribution in [3.05, 3.63) is 46.6 Å². The standard InChI is InChI=1S/C14H15BrFN3/c1-3-4-13-17-12(15)9-14(18-13)19(2)11-7-5-10(16)6-8-11/h5-9H,3-4H2,1-2H3. The molecule has 2 aromatic rings. The summed E-state index contributed by atoms with van der Waals surface area (Å²) in [6.07, 6.45) is 1.83. The molecular formula is C14H15BrFN3. The van der Waals surface area contributed by atoms with E-state index in [9.17, 15) is 4.39 Å². The largest absolute Gasteiger partial charge is 0.329 e. The van der Waals surface area contributed by atoms with Gasteiger partial charge in [-0.25, -0.2) is 14.4 Å². The van der Waals surface area contributed by atoms with Gasteiger partial charge < -0.3 is 4.90 Å². The van der Waals surface area contributed by atoms with E-state index in [0.29, 0.717) is 0 Å². The number of aromatic nitrogens is 2. The van der Waals surface area contributed by atoms with E-state index in [-0.39, 0.29) is 5.82 Å². The van der Waals surface area contributed by atoms with Gasteiger partial charge >= 0.3 is 0 Å². The van der Waals surface area contributed by atoms with Crippen LogP contribution in [0.25, 0.3) is 0 Å². The Labute approximate surface area is 120 Å². The highest BCUT2D eigenvalue weighted by Gasteiger charge is 2.09. The smallest absolute Gasteiger partial charge is 0.137 e. The highest BCUT2D eigenvalue weighted by atomic mass is 79.9. The molecule has 1 aromatic heterocycles. The lowest BCUT2D eigenvalue weighted by Gasteiger charge is -2.19. The van der Waals surface area contributed by atoms with Crippen LogP contribution in [0.15, 0.2) is 34.9 Å². The molecule has 0 amide bonds. The van der Waals surface area contributed by atoms with Crippen LogP contribution in [0.5, 0.6) is 0 Å². The number of nitrogens with zero attached hydrogens (tertiary/aromatic N) is 3. The summed E-state index contributed by atoms with van der Waals surface area (Å²) in [7, 11) is 1.90. The van der Waals surface area contributed by atoms with Gasteiger partial charge in [0, 0.05) is 25.2 Å². The van der Waals surface area contributed by atoms with Crippen LogP contribution in [-0.4, -0.2) is 17.0 Å². The molecule has 19 heavy (non-hydrogen) atoms. The van der Waals surface area contributed by atoms with E-state index in [2.05, 4.69) is 32.8 Å². The second kappa shape index (κ2) is 6.10. The van der Waals surface area contributed by atoms with Gasteiger partial charge in [-0.05, 0) is 46.6 Å². The number of aryl methyl sites for hydroxylation is 1. The van der Waals surface area contributed by atoms with Crippen molar-refractivity contribution in [2.24, 2.45) is 0 Å². The molecule has 0 atom stereocenters. The van der Waals surface area contributed by atoms with E-state index >= 15 is 0 Å². The predicted molar refractivity (Wildman–Crippen MR) is 78.2 cm³/mol. The van der Waals surface area contributed by atoms with Gasteiger partial charge in [-0.3, -0.25) is 0 Å². The summed E-state index contributed by atoms with van der Waals surface area (Å²) >= 11 is 3.40. The zero-order chi connectivity index (χ0) is 13.8. The minimum atomic E-state index is -0.243. The van der Waals surface area contributed by atoms with Crippen molar-refractivity contribution >= 4 is 27.4 Å². The van der Waals surface area contributed by atoms with Gasteiger partial charge in [0.05, 0.1) is 0 Å². The summed E-state index contributed by atoms with van der Waals surface area (Å²) < 4.78 is 13.7. The highest BCUT2D eigenvalue weighted by molar-refractivity contribution is 9.10. The quantitative estimate of drug-likeness (QED) is 0.793. The first kappa shape index (κ1) is 13.9. The minimum absolute atomic E-state index is 0.243. The second-order valence-corrected chi connectivity index (χ2v) is 5.06. The third-order valence-corrected chi connectivity index (χ3v) is 3.17. The summed E-state index contributed by atoms with van der Waals surface area (Å²) in [5, 5.41) is 0. The van der Waals surface area contributed by atoms with Crippen LogP contribution in [0, 0.1) is 5.82 Å². The Balaban J connectivity index is 2.32. The first-order valence-corrected chi connectivity index (χ1v) is 6.92. The molecule has 3 nitrogen and oxygen atoms in total. The van der Waals surface area contributed by atoms with Gasteiger partial charge in [0.25, 0.3) is 0 Å². The minimum Gasteiger partial charge on any atom is -0.329 e. The Kier molecular flexibility index (Phi) is 4.47. The van der Waals surface area contributed by atoms with Gasteiger partial charge in [-0.2, -0.15) is 0 Å². The number of anilines is 2. The molecule has 0 bridgehead atoms. The van der Waals surface area contributed by atoms with Crippen molar-refractivity contribution in [1.82, 2.24) is 9.97 Å². The molecular weight excluding hydrogens is 309 g/mol. The Morgan fingerprint density at radius 1 is 1.21 bits per heavy atom. The van der Waals surface area contributed by atoms with Crippen LogP contribution in [-0.2, 0) is 6.42 Å². The topological polar surface area (TPSA) is 29.0 Å². The number of hydrogen-bond donors (Lipinski definition) is 0. The van der Waals surface area contributed by atoms with Gasteiger partial charge in [0.2, 0.25) is 0 Å². The fourth-order valence-corrected chi connectivity index (χ4v) is 2.17. The molecule has 0 saturated heterocycles. The Hall–Kier alpha value is -1.49. The van der Waals surface area contributed by atoms with E-state index < -0.39 is 0 Å². The van der Waals surface area contributed by atoms with E-state index in [0.717, 1.165) is 34.8 Å². The van der Waals surface area contributed by atoms with Crippen molar-refractivity contribution in [2.75, 3.05) is 11.9 Å². The van der Waals surface area contributed by atoms with Gasteiger partial charge in [0.15, 0.2) is 0 Å². The Bertz CT molecular complexity index is 557. The third-order valence-electron chi connectivity index (χ3n) is 2.76. The third kappa shape index (κ3) is 3.50. The summed E-state index contributed by atoms with van der Waals surface area (Å²) in [6, 6.07) is 8.18. The molecule has 1 heterocycles. The molecule has 0 aliphatic rings. The van der Waals surface area contributed by atoms with Gasteiger partial charge in [0.1, 0.15) is 22.1 Å². The predicted octanol–water partition coefficient (Wildman–Crippen LogP) is 4.10. The maximum Gasteiger partial charge on any atom is 0.137 e. The van der Waals surface area contributed by atoms with Crippen molar-refractivity contribution in [2.45, 2.75) is 19.8 Å². The summed E-state index contributed by atoms with van der Waals surface area (Å²) in [5.41, 5.74) is 0.884. The van der Waals surface area contributed by atoms with E-state index in [4.69, 9.17) is 0 Å². The molecule has 0 radical (unpaired) electrons. The summed E-state index contributed by atoms with van der Waals surface area (Å²) in [6.45, 7) is 2.09. The van der Waals surface area contributed by atoms with Gasteiger partial charge in [-0.15, -0.1) is 0 Å². The van der Waals surface area contributed by atoms with E-state index in [1.807, 2.05) is 18.0 Å². The van der Waals surface area contributed by atoms with Crippen LogP contribution in [0.3, 0.4) is 0 Å². The fourth-order valence-electron chi connectivity index (χ4n) is 1.76. The first-order chi connectivity index (χ1) is 9.10. The lowest BCUT2D eigenvalue weighted by molar-refractivity contribution is 0.628. The molecule has 0 unspecified atom stereocenters. The van der Waals surface area contributed by atoms with Crippen LogP contribution in [0.4, 0.5) is 15.9 Å². The fraction of sp³-hybridized carbons (Fsp3) is 0.286. The van der Waals surface area contributed by atoms with Gasteiger partial charge in [-0.1, -0.05) is 6.92 Å². The molecule has 2 rings (SSSR count). The summed E-state index contributed by atoms with van der Waals surface area (Å²) in [4.78, 5) is 10.8. The zero-order valence-electron chi connectivity index (χ0n) is 10.9. The Morgan fingerprint density at radius 2 is 1.89 bits per heavy atom. The number of rotatable bonds is 4. The van der Waals surface area contributed by atoms with Crippen LogP contribution in [0.1, 0.15) is 19.2 Å². The molecule has 0 N–H and O–H groups in total. The first-order valence-electron chi connectivity index (χ1n) is 6.13. The van der Waals surface area contributed by atoms with Crippen LogP contribution < -0.4 is 4.90 Å². The second-order valence-electron chi connectivity index (χ2n) is 4.25. The average molecular weight is 324 g/mol. The number of benzene rings is 1. The SMILES string of the molecule is CCCc1nc(Br)cc(N(C)c2ccc(F)cc2)n1. The van der Waals surface area contributed by atoms with Crippen molar-refractivity contribution in [3.63, 3.8) is 0 Å². The number of halogens is 2. The average Bonchev–Trinajstić information content (AvgIpc) is 2.38. The highest BCUT2D eigenvalue weighted by Crippen LogP contribution is 2.24. The maximum atomic E-state index is 12.9. The van der Waals surface area contributed by atoms with Crippen molar-refractivity contribution < 1.29 is 4.39 Å². The molecule has 0 saturated carbocycles. The molecule has 1 aromatic carbocycles. The van der Waals surface area contributed by atoms with Crippen LogP contribution >= 0.6 is 15.9 Å².